The van der Waals surface area contributed by atoms with Crippen molar-refractivity contribution in [3.8, 4) is 5.75 Å². The lowest BCUT2D eigenvalue weighted by Crippen LogP contribution is -2.31. The average molecular weight is 310 g/mol. The van der Waals surface area contributed by atoms with Gasteiger partial charge in [-0.1, -0.05) is 23.7 Å². The van der Waals surface area contributed by atoms with E-state index in [0.29, 0.717) is 23.9 Å². The highest BCUT2D eigenvalue weighted by Gasteiger charge is 2.05. The molecule has 0 saturated carbocycles. The zero-order valence-corrected chi connectivity index (χ0v) is 12.2. The van der Waals surface area contributed by atoms with Crippen LogP contribution >= 0.6 is 11.6 Å². The van der Waals surface area contributed by atoms with Gasteiger partial charge in [0.05, 0.1) is 0 Å². The normalized spacial score (nSPS) is 12.1. The fourth-order valence-electron chi connectivity index (χ4n) is 1.81. The summed E-state index contributed by atoms with van der Waals surface area (Å²) in [5.74, 6) is 0.219. The van der Waals surface area contributed by atoms with Gasteiger partial charge in [0.25, 0.3) is 0 Å². The third kappa shape index (κ3) is 5.71. The first-order valence-corrected chi connectivity index (χ1v) is 7.03. The van der Waals surface area contributed by atoms with E-state index in [4.69, 9.17) is 16.3 Å². The van der Waals surface area contributed by atoms with E-state index in [1.165, 1.54) is 24.3 Å². The molecule has 0 spiro atoms. The van der Waals surface area contributed by atoms with Crippen molar-refractivity contribution in [3.63, 3.8) is 0 Å². The molecule has 1 unspecified atom stereocenters. The fraction of sp³-hybridized carbons (Fsp3) is 0.250. The van der Waals surface area contributed by atoms with Crippen LogP contribution in [0.25, 0.3) is 0 Å². The van der Waals surface area contributed by atoms with E-state index in [9.17, 15) is 9.50 Å². The highest BCUT2D eigenvalue weighted by molar-refractivity contribution is 6.30. The number of ether oxygens (including phenoxy) is 1. The van der Waals surface area contributed by atoms with Gasteiger partial charge in [0.2, 0.25) is 0 Å². The summed E-state index contributed by atoms with van der Waals surface area (Å²) in [4.78, 5) is 0. The molecule has 2 N–H and O–H groups in total. The number of rotatable bonds is 7. The van der Waals surface area contributed by atoms with Gasteiger partial charge >= 0.3 is 0 Å². The molecule has 0 aromatic heterocycles. The van der Waals surface area contributed by atoms with Crippen LogP contribution in [0, 0.1) is 5.82 Å². The maximum Gasteiger partial charge on any atom is 0.123 e. The summed E-state index contributed by atoms with van der Waals surface area (Å²) in [6.45, 7) is 1.16. The van der Waals surface area contributed by atoms with E-state index in [-0.39, 0.29) is 12.4 Å². The van der Waals surface area contributed by atoms with Crippen LogP contribution in [0.5, 0.6) is 5.75 Å². The van der Waals surface area contributed by atoms with E-state index in [1.54, 1.807) is 0 Å². The summed E-state index contributed by atoms with van der Waals surface area (Å²) in [5, 5.41) is 13.6. The molecule has 0 aliphatic rings. The van der Waals surface area contributed by atoms with Crippen molar-refractivity contribution in [3.05, 3.63) is 64.9 Å². The average Bonchev–Trinajstić information content (AvgIpc) is 2.47. The van der Waals surface area contributed by atoms with Gasteiger partial charge in [-0.25, -0.2) is 4.39 Å². The van der Waals surface area contributed by atoms with Crippen molar-refractivity contribution in [2.75, 3.05) is 13.2 Å². The Morgan fingerprint density at radius 1 is 1.19 bits per heavy atom. The smallest absolute Gasteiger partial charge is 0.123 e. The van der Waals surface area contributed by atoms with Crippen LogP contribution in [0.4, 0.5) is 4.39 Å². The van der Waals surface area contributed by atoms with Crippen LogP contribution in [-0.2, 0) is 6.54 Å². The van der Waals surface area contributed by atoms with Crippen LogP contribution in [-0.4, -0.2) is 24.4 Å². The molecule has 2 aromatic carbocycles. The molecule has 1 atom stereocenters. The first-order chi connectivity index (χ1) is 10.1. The molecule has 2 aromatic rings. The largest absolute Gasteiger partial charge is 0.491 e. The first-order valence-electron chi connectivity index (χ1n) is 6.65. The highest BCUT2D eigenvalue weighted by atomic mass is 35.5. The van der Waals surface area contributed by atoms with E-state index >= 15 is 0 Å². The van der Waals surface area contributed by atoms with Crippen molar-refractivity contribution < 1.29 is 14.2 Å². The van der Waals surface area contributed by atoms with Gasteiger partial charge in [0.1, 0.15) is 24.3 Å². The minimum absolute atomic E-state index is 0.147. The molecule has 0 bridgehead atoms. The van der Waals surface area contributed by atoms with E-state index in [2.05, 4.69) is 5.32 Å². The van der Waals surface area contributed by atoms with Crippen molar-refractivity contribution in [2.45, 2.75) is 12.6 Å². The maximum atomic E-state index is 12.7. The molecule has 0 amide bonds. The highest BCUT2D eigenvalue weighted by Crippen LogP contribution is 2.12. The van der Waals surface area contributed by atoms with Crippen LogP contribution < -0.4 is 10.1 Å². The molecule has 0 radical (unpaired) electrons. The number of hydrogen-bond acceptors (Lipinski definition) is 3. The monoisotopic (exact) mass is 309 g/mol. The molecule has 21 heavy (non-hydrogen) atoms. The third-order valence-corrected chi connectivity index (χ3v) is 3.09. The Balaban J connectivity index is 1.67. The van der Waals surface area contributed by atoms with Crippen LogP contribution in [0.2, 0.25) is 5.02 Å². The predicted octanol–water partition coefficient (Wildman–Crippen LogP) is 3.01. The lowest BCUT2D eigenvalue weighted by molar-refractivity contribution is 0.106. The summed E-state index contributed by atoms with van der Waals surface area (Å²) in [5.41, 5.74) is 1.05. The molecule has 2 rings (SSSR count). The number of benzene rings is 2. The van der Waals surface area contributed by atoms with Crippen molar-refractivity contribution >= 4 is 11.6 Å². The molecule has 0 fully saturated rings. The van der Waals surface area contributed by atoms with Crippen molar-refractivity contribution in [1.29, 1.82) is 0 Å². The topological polar surface area (TPSA) is 41.5 Å². The number of nitrogens with one attached hydrogen (secondary N) is 1. The van der Waals surface area contributed by atoms with Gasteiger partial charge in [0.15, 0.2) is 0 Å². The Kier molecular flexibility index (Phi) is 5.99. The van der Waals surface area contributed by atoms with Gasteiger partial charge in [-0.05, 0) is 42.0 Å². The van der Waals surface area contributed by atoms with Crippen LogP contribution in [0.15, 0.2) is 48.5 Å². The molecule has 0 aliphatic carbocycles. The number of aliphatic hydroxyl groups is 1. The molecule has 0 heterocycles. The summed E-state index contributed by atoms with van der Waals surface area (Å²) >= 11 is 5.89. The Labute approximate surface area is 128 Å². The molecular weight excluding hydrogens is 293 g/mol. The summed E-state index contributed by atoms with van der Waals surface area (Å²) in [7, 11) is 0. The Bertz CT molecular complexity index is 562. The minimum Gasteiger partial charge on any atom is -0.491 e. The zero-order valence-electron chi connectivity index (χ0n) is 11.4. The van der Waals surface area contributed by atoms with E-state index in [0.717, 1.165) is 5.56 Å². The van der Waals surface area contributed by atoms with Gasteiger partial charge in [-0.3, -0.25) is 0 Å². The molecule has 5 heteroatoms. The third-order valence-electron chi connectivity index (χ3n) is 2.85. The van der Waals surface area contributed by atoms with Gasteiger partial charge in [-0.15, -0.1) is 0 Å². The van der Waals surface area contributed by atoms with Crippen LogP contribution in [0.1, 0.15) is 5.56 Å². The molecule has 3 nitrogen and oxygen atoms in total. The van der Waals surface area contributed by atoms with Crippen LogP contribution in [0.3, 0.4) is 0 Å². The minimum atomic E-state index is -0.644. The Morgan fingerprint density at radius 2 is 1.95 bits per heavy atom. The van der Waals surface area contributed by atoms with Gasteiger partial charge in [-0.2, -0.15) is 0 Å². The molecule has 112 valence electrons. The standard InChI is InChI=1S/C16H17ClFNO2/c17-13-3-1-2-12(8-13)9-19-10-15(20)11-21-16-6-4-14(18)5-7-16/h1-8,15,19-20H,9-11H2. The Hall–Kier alpha value is -1.62. The SMILES string of the molecule is OC(CNCc1cccc(Cl)c1)COc1ccc(F)cc1. The predicted molar refractivity (Wildman–Crippen MR) is 81.1 cm³/mol. The zero-order chi connectivity index (χ0) is 15.1. The Morgan fingerprint density at radius 3 is 2.67 bits per heavy atom. The number of halogens is 2. The van der Waals surface area contributed by atoms with Gasteiger partial charge in [0, 0.05) is 18.1 Å². The maximum absolute atomic E-state index is 12.7. The number of hydrogen-bond donors (Lipinski definition) is 2. The quantitative estimate of drug-likeness (QED) is 0.826. The lowest BCUT2D eigenvalue weighted by Gasteiger charge is -2.13. The van der Waals surface area contributed by atoms with E-state index in [1.807, 2.05) is 24.3 Å². The van der Waals surface area contributed by atoms with Crippen molar-refractivity contribution in [2.24, 2.45) is 0 Å². The summed E-state index contributed by atoms with van der Waals surface area (Å²) in [6, 6.07) is 13.2. The lowest BCUT2D eigenvalue weighted by atomic mass is 10.2. The second-order valence-electron chi connectivity index (χ2n) is 4.68. The molecule has 0 saturated heterocycles. The second-order valence-corrected chi connectivity index (χ2v) is 5.12. The molecule has 0 aliphatic heterocycles. The van der Waals surface area contributed by atoms with E-state index < -0.39 is 6.10 Å². The summed E-state index contributed by atoms with van der Waals surface area (Å²) in [6.07, 6.45) is -0.644. The molecular formula is C16H17ClFNO2. The second kappa shape index (κ2) is 7.98. The summed E-state index contributed by atoms with van der Waals surface area (Å²) < 4.78 is 18.1. The van der Waals surface area contributed by atoms with Crippen molar-refractivity contribution in [1.82, 2.24) is 5.32 Å². The first kappa shape index (κ1) is 15.8. The fourth-order valence-corrected chi connectivity index (χ4v) is 2.03. The van der Waals surface area contributed by atoms with Gasteiger partial charge < -0.3 is 15.2 Å². The number of aliphatic hydroxyl groups excluding tert-OH is 1.